The molecule has 0 atom stereocenters. The molecule has 0 amide bonds. The van der Waals surface area contributed by atoms with Gasteiger partial charge in [-0.1, -0.05) is 28.1 Å². The van der Waals surface area contributed by atoms with Gasteiger partial charge in [-0.15, -0.1) is 0 Å². The van der Waals surface area contributed by atoms with Crippen LogP contribution in [0.1, 0.15) is 5.76 Å². The highest BCUT2D eigenvalue weighted by atomic mass is 79.9. The van der Waals surface area contributed by atoms with E-state index in [-0.39, 0.29) is 11.5 Å². The molecule has 3 rings (SSSR count). The molecule has 0 radical (unpaired) electrons. The van der Waals surface area contributed by atoms with Crippen molar-refractivity contribution in [3.63, 3.8) is 0 Å². The van der Waals surface area contributed by atoms with Crippen molar-refractivity contribution >= 4 is 33.6 Å². The van der Waals surface area contributed by atoms with Crippen LogP contribution in [0, 0.1) is 10.1 Å². The van der Waals surface area contributed by atoms with Gasteiger partial charge in [0.15, 0.2) is 0 Å². The fraction of sp³-hybridized carbons (Fsp3) is 0. The normalized spacial score (nSPS) is 10.9. The summed E-state index contributed by atoms with van der Waals surface area (Å²) in [5, 5.41) is 14.8. The van der Waals surface area contributed by atoms with Crippen molar-refractivity contribution in [3.8, 4) is 11.3 Å². The number of anilines is 1. The zero-order valence-electron chi connectivity index (χ0n) is 12.2. The first-order valence-electron chi connectivity index (χ1n) is 6.88. The van der Waals surface area contributed by atoms with Crippen LogP contribution in [0.2, 0.25) is 0 Å². The Morgan fingerprint density at radius 1 is 1.25 bits per heavy atom. The number of nitrogens with one attached hydrogen (secondary N) is 1. The molecule has 2 aromatic heterocycles. The number of hydrogen-bond donors (Lipinski definition) is 1. The van der Waals surface area contributed by atoms with Crippen molar-refractivity contribution in [1.29, 1.82) is 0 Å². The predicted octanol–water partition coefficient (Wildman–Crippen LogP) is 4.46. The van der Waals surface area contributed by atoms with Crippen LogP contribution in [0.25, 0.3) is 11.3 Å². The second-order valence-corrected chi connectivity index (χ2v) is 5.63. The van der Waals surface area contributed by atoms with Gasteiger partial charge in [-0.2, -0.15) is 5.10 Å². The number of benzene rings is 1. The van der Waals surface area contributed by atoms with Gasteiger partial charge in [0.2, 0.25) is 5.82 Å². The van der Waals surface area contributed by atoms with Crippen LogP contribution in [0.3, 0.4) is 0 Å². The van der Waals surface area contributed by atoms with Crippen LogP contribution < -0.4 is 5.43 Å². The van der Waals surface area contributed by atoms with Gasteiger partial charge in [0, 0.05) is 22.3 Å². The van der Waals surface area contributed by atoms with Crippen LogP contribution in [0.15, 0.2) is 68.7 Å². The number of pyridine rings is 1. The van der Waals surface area contributed by atoms with Crippen molar-refractivity contribution in [1.82, 2.24) is 4.98 Å². The molecule has 1 N–H and O–H groups in total. The molecule has 0 saturated heterocycles. The lowest BCUT2D eigenvalue weighted by molar-refractivity contribution is -0.384. The minimum Gasteiger partial charge on any atom is -0.455 e. The van der Waals surface area contributed by atoms with Crippen molar-refractivity contribution < 1.29 is 9.34 Å². The SMILES string of the molecule is O=[N+]([O-])c1cccnc1N/N=C\c1ccc(-c2cccc(Br)c2)o1. The van der Waals surface area contributed by atoms with Crippen molar-refractivity contribution in [3.05, 3.63) is 75.1 Å². The van der Waals surface area contributed by atoms with Crippen LogP contribution in [-0.4, -0.2) is 16.1 Å². The third-order valence-electron chi connectivity index (χ3n) is 3.08. The van der Waals surface area contributed by atoms with Crippen LogP contribution in [0.5, 0.6) is 0 Å². The monoisotopic (exact) mass is 386 g/mol. The fourth-order valence-electron chi connectivity index (χ4n) is 2.01. The Labute approximate surface area is 145 Å². The quantitative estimate of drug-likeness (QED) is 0.396. The van der Waals surface area contributed by atoms with E-state index >= 15 is 0 Å². The minimum absolute atomic E-state index is 0.0671. The predicted molar refractivity (Wildman–Crippen MR) is 94.0 cm³/mol. The summed E-state index contributed by atoms with van der Waals surface area (Å²) in [7, 11) is 0. The molecule has 0 aliphatic carbocycles. The summed E-state index contributed by atoms with van der Waals surface area (Å²) in [5.74, 6) is 1.27. The standard InChI is InChI=1S/C16H11BrN4O3/c17-12-4-1-3-11(9-12)15-7-6-13(24-15)10-19-20-16-14(21(22)23)5-2-8-18-16/h1-10H,(H,18,20)/b19-10-. The largest absolute Gasteiger partial charge is 0.455 e. The lowest BCUT2D eigenvalue weighted by Crippen LogP contribution is -1.98. The van der Waals surface area contributed by atoms with E-state index < -0.39 is 4.92 Å². The lowest BCUT2D eigenvalue weighted by Gasteiger charge is -1.99. The Morgan fingerprint density at radius 3 is 2.92 bits per heavy atom. The second kappa shape index (κ2) is 7.05. The van der Waals surface area contributed by atoms with Crippen molar-refractivity contribution in [2.45, 2.75) is 0 Å². The fourth-order valence-corrected chi connectivity index (χ4v) is 2.41. The molecular weight excluding hydrogens is 376 g/mol. The molecule has 0 aliphatic heterocycles. The van der Waals surface area contributed by atoms with E-state index in [1.165, 1.54) is 24.5 Å². The van der Waals surface area contributed by atoms with E-state index in [9.17, 15) is 10.1 Å². The Hall–Kier alpha value is -3.00. The number of furan rings is 1. The van der Waals surface area contributed by atoms with Gasteiger partial charge < -0.3 is 4.42 Å². The summed E-state index contributed by atoms with van der Waals surface area (Å²) in [6, 6.07) is 14.1. The summed E-state index contributed by atoms with van der Waals surface area (Å²) in [6.07, 6.45) is 2.88. The van der Waals surface area contributed by atoms with E-state index in [2.05, 4.69) is 31.4 Å². The molecule has 0 fully saturated rings. The molecule has 0 spiro atoms. The molecular formula is C16H11BrN4O3. The highest BCUT2D eigenvalue weighted by molar-refractivity contribution is 9.10. The zero-order chi connectivity index (χ0) is 16.9. The number of rotatable bonds is 5. The summed E-state index contributed by atoms with van der Waals surface area (Å²) < 4.78 is 6.63. The molecule has 0 aliphatic rings. The van der Waals surface area contributed by atoms with Gasteiger partial charge in [-0.25, -0.2) is 4.98 Å². The molecule has 24 heavy (non-hydrogen) atoms. The van der Waals surface area contributed by atoms with E-state index in [0.29, 0.717) is 11.5 Å². The van der Waals surface area contributed by atoms with Crippen molar-refractivity contribution in [2.75, 3.05) is 5.43 Å². The topological polar surface area (TPSA) is 93.6 Å². The van der Waals surface area contributed by atoms with E-state index in [4.69, 9.17) is 4.42 Å². The summed E-state index contributed by atoms with van der Waals surface area (Å²) >= 11 is 3.41. The number of nitrogens with zero attached hydrogens (tertiary/aromatic N) is 3. The molecule has 3 aromatic rings. The average Bonchev–Trinajstić information content (AvgIpc) is 3.04. The summed E-state index contributed by atoms with van der Waals surface area (Å²) in [5.41, 5.74) is 3.33. The Kier molecular flexibility index (Phi) is 4.66. The Bertz CT molecular complexity index is 908. The van der Waals surface area contributed by atoms with Crippen LogP contribution in [-0.2, 0) is 0 Å². The van der Waals surface area contributed by atoms with Gasteiger partial charge in [-0.05, 0) is 30.3 Å². The van der Waals surface area contributed by atoms with E-state index in [1.54, 1.807) is 6.07 Å². The third-order valence-corrected chi connectivity index (χ3v) is 3.57. The smallest absolute Gasteiger partial charge is 0.313 e. The highest BCUT2D eigenvalue weighted by Gasteiger charge is 2.13. The maximum Gasteiger partial charge on any atom is 0.313 e. The minimum atomic E-state index is -0.525. The first-order valence-corrected chi connectivity index (χ1v) is 7.67. The first-order chi connectivity index (χ1) is 11.6. The van der Waals surface area contributed by atoms with E-state index in [0.717, 1.165) is 10.0 Å². The second-order valence-electron chi connectivity index (χ2n) is 4.71. The number of aromatic nitrogens is 1. The van der Waals surface area contributed by atoms with E-state index in [1.807, 2.05) is 30.3 Å². The molecule has 7 nitrogen and oxygen atoms in total. The maximum atomic E-state index is 10.9. The van der Waals surface area contributed by atoms with Gasteiger partial charge >= 0.3 is 5.69 Å². The molecule has 0 saturated carbocycles. The molecule has 1 aromatic carbocycles. The molecule has 0 unspecified atom stereocenters. The lowest BCUT2D eigenvalue weighted by atomic mass is 10.2. The number of halogens is 1. The van der Waals surface area contributed by atoms with Gasteiger partial charge in [0.25, 0.3) is 0 Å². The number of hydrazone groups is 1. The summed E-state index contributed by atoms with van der Waals surface area (Å²) in [6.45, 7) is 0. The Balaban J connectivity index is 1.74. The Morgan fingerprint density at radius 2 is 2.12 bits per heavy atom. The van der Waals surface area contributed by atoms with Crippen LogP contribution in [0.4, 0.5) is 11.5 Å². The molecule has 8 heteroatoms. The molecule has 0 bridgehead atoms. The zero-order valence-corrected chi connectivity index (χ0v) is 13.8. The van der Waals surface area contributed by atoms with Crippen LogP contribution >= 0.6 is 15.9 Å². The summed E-state index contributed by atoms with van der Waals surface area (Å²) in [4.78, 5) is 14.3. The molecule has 120 valence electrons. The van der Waals surface area contributed by atoms with Gasteiger partial charge in [-0.3, -0.25) is 15.5 Å². The van der Waals surface area contributed by atoms with Gasteiger partial charge in [0.05, 0.1) is 11.1 Å². The average molecular weight is 387 g/mol. The number of hydrogen-bond acceptors (Lipinski definition) is 6. The van der Waals surface area contributed by atoms with Crippen molar-refractivity contribution in [2.24, 2.45) is 5.10 Å². The maximum absolute atomic E-state index is 10.9. The van der Waals surface area contributed by atoms with Gasteiger partial charge in [0.1, 0.15) is 11.5 Å². The first kappa shape index (κ1) is 15.9. The molecule has 2 heterocycles. The highest BCUT2D eigenvalue weighted by Crippen LogP contribution is 2.24. The number of nitro groups is 1. The third kappa shape index (κ3) is 3.66.